The quantitative estimate of drug-likeness (QED) is 0.698. The lowest BCUT2D eigenvalue weighted by Crippen LogP contribution is -1.86. The first-order valence-corrected chi connectivity index (χ1v) is 5.28. The van der Waals surface area contributed by atoms with Gasteiger partial charge in [-0.05, 0) is 28.3 Å². The molecular formula is C16H14. The van der Waals surface area contributed by atoms with Gasteiger partial charge in [0.1, 0.15) is 0 Å². The molecule has 0 heteroatoms. The van der Waals surface area contributed by atoms with Crippen molar-refractivity contribution in [3.8, 4) is 0 Å². The highest BCUT2D eigenvalue weighted by molar-refractivity contribution is 5.78. The average Bonchev–Trinajstić information content (AvgIpc) is 2.39. The molecule has 0 atom stereocenters. The molecular weight excluding hydrogens is 192 g/mol. The van der Waals surface area contributed by atoms with Gasteiger partial charge in [0, 0.05) is 0 Å². The van der Waals surface area contributed by atoms with E-state index in [0.29, 0.717) is 0 Å². The number of hydrogen-bond donors (Lipinski definition) is 0. The van der Waals surface area contributed by atoms with Crippen LogP contribution in [0.2, 0.25) is 0 Å². The van der Waals surface area contributed by atoms with Gasteiger partial charge in [-0.25, -0.2) is 0 Å². The molecule has 0 amide bonds. The van der Waals surface area contributed by atoms with Crippen LogP contribution in [-0.2, 0) is 0 Å². The smallest absolute Gasteiger partial charge is 0.0178 e. The number of rotatable bonds is 3. The summed E-state index contributed by atoms with van der Waals surface area (Å²) < 4.78 is 0. The minimum absolute atomic E-state index is 1.05. The van der Waals surface area contributed by atoms with Crippen molar-refractivity contribution < 1.29 is 0 Å². The second-order valence-corrected chi connectivity index (χ2v) is 3.67. The van der Waals surface area contributed by atoms with Crippen LogP contribution in [0.1, 0.15) is 16.7 Å². The Morgan fingerprint density at radius 2 is 1.56 bits per heavy atom. The molecule has 0 aliphatic carbocycles. The van der Waals surface area contributed by atoms with E-state index in [9.17, 15) is 0 Å². The summed E-state index contributed by atoms with van der Waals surface area (Å²) in [5.41, 5.74) is 4.46. The molecule has 2 rings (SSSR count). The molecule has 0 aliphatic rings. The van der Waals surface area contributed by atoms with Crippen LogP contribution in [0.5, 0.6) is 0 Å². The maximum atomic E-state index is 4.14. The predicted molar refractivity (Wildman–Crippen MR) is 71.1 cm³/mol. The van der Waals surface area contributed by atoms with Crippen molar-refractivity contribution in [2.45, 2.75) is 0 Å². The molecule has 0 unspecified atom stereocenters. The summed E-state index contributed by atoms with van der Waals surface area (Å²) in [6.07, 6.45) is 1.85. The number of hydrogen-bond acceptors (Lipinski definition) is 0. The van der Waals surface area contributed by atoms with Crippen LogP contribution in [0.15, 0.2) is 67.8 Å². The number of benzene rings is 2. The highest BCUT2D eigenvalue weighted by Gasteiger charge is 2.01. The Balaban J connectivity index is 2.38. The molecule has 0 nitrogen and oxygen atoms in total. The maximum absolute atomic E-state index is 4.14. The summed E-state index contributed by atoms with van der Waals surface area (Å²) in [5, 5.41) is 0. The van der Waals surface area contributed by atoms with Crippen molar-refractivity contribution in [1.82, 2.24) is 0 Å². The van der Waals surface area contributed by atoms with Gasteiger partial charge in [0.2, 0.25) is 0 Å². The van der Waals surface area contributed by atoms with Crippen molar-refractivity contribution in [2.75, 3.05) is 0 Å². The molecule has 0 aromatic heterocycles. The highest BCUT2D eigenvalue weighted by Crippen LogP contribution is 2.22. The van der Waals surface area contributed by atoms with E-state index >= 15 is 0 Å². The Kier molecular flexibility index (Phi) is 3.02. The average molecular weight is 206 g/mol. The van der Waals surface area contributed by atoms with Gasteiger partial charge in [-0.1, -0.05) is 67.8 Å². The molecule has 0 radical (unpaired) electrons. The Morgan fingerprint density at radius 1 is 0.875 bits per heavy atom. The maximum Gasteiger partial charge on any atom is -0.0178 e. The van der Waals surface area contributed by atoms with Crippen molar-refractivity contribution in [3.63, 3.8) is 0 Å². The third kappa shape index (κ3) is 2.12. The van der Waals surface area contributed by atoms with Crippen LogP contribution in [0.3, 0.4) is 0 Å². The predicted octanol–water partition coefficient (Wildman–Crippen LogP) is 4.39. The Hall–Kier alpha value is -2.08. The van der Waals surface area contributed by atoms with Crippen molar-refractivity contribution in [2.24, 2.45) is 0 Å². The van der Waals surface area contributed by atoms with Gasteiger partial charge in [0.25, 0.3) is 0 Å². The van der Waals surface area contributed by atoms with Crippen LogP contribution in [-0.4, -0.2) is 0 Å². The van der Waals surface area contributed by atoms with E-state index in [0.717, 1.165) is 22.3 Å². The van der Waals surface area contributed by atoms with E-state index in [-0.39, 0.29) is 0 Å². The molecule has 0 bridgehead atoms. The lowest BCUT2D eigenvalue weighted by molar-refractivity contribution is 1.54. The molecule has 0 N–H and O–H groups in total. The van der Waals surface area contributed by atoms with Crippen molar-refractivity contribution >= 4 is 11.6 Å². The third-order valence-corrected chi connectivity index (χ3v) is 2.59. The van der Waals surface area contributed by atoms with E-state index < -0.39 is 0 Å². The molecule has 2 aromatic rings. The van der Waals surface area contributed by atoms with Gasteiger partial charge in [-0.15, -0.1) is 0 Å². The summed E-state index contributed by atoms with van der Waals surface area (Å²) in [5.74, 6) is 0. The largest absolute Gasteiger partial charge is 0.0985 e. The summed E-state index contributed by atoms with van der Waals surface area (Å²) in [4.78, 5) is 0. The van der Waals surface area contributed by atoms with Crippen molar-refractivity contribution in [1.29, 1.82) is 0 Å². The van der Waals surface area contributed by atoms with Crippen LogP contribution in [0.25, 0.3) is 11.6 Å². The zero-order valence-corrected chi connectivity index (χ0v) is 9.19. The van der Waals surface area contributed by atoms with E-state index in [4.69, 9.17) is 0 Å². The lowest BCUT2D eigenvalue weighted by Gasteiger charge is -2.06. The Labute approximate surface area is 96.6 Å². The van der Waals surface area contributed by atoms with Crippen LogP contribution >= 0.6 is 0 Å². The standard InChI is InChI=1S/C16H14/c1-3-14-8-7-11-16(12-14)13(2)15-9-5-4-6-10-15/h3-12H,1-2H2. The van der Waals surface area contributed by atoms with Gasteiger partial charge in [-0.2, -0.15) is 0 Å². The van der Waals surface area contributed by atoms with Gasteiger partial charge in [0.15, 0.2) is 0 Å². The third-order valence-electron chi connectivity index (χ3n) is 2.59. The molecule has 78 valence electrons. The van der Waals surface area contributed by atoms with E-state index in [2.05, 4.69) is 37.4 Å². The fourth-order valence-electron chi connectivity index (χ4n) is 1.66. The molecule has 0 saturated heterocycles. The van der Waals surface area contributed by atoms with Gasteiger partial charge in [0.05, 0.1) is 0 Å². The van der Waals surface area contributed by atoms with Crippen molar-refractivity contribution in [3.05, 3.63) is 84.4 Å². The second-order valence-electron chi connectivity index (χ2n) is 3.67. The molecule has 0 spiro atoms. The summed E-state index contributed by atoms with van der Waals surface area (Å²) in [6.45, 7) is 7.91. The second kappa shape index (κ2) is 4.63. The van der Waals surface area contributed by atoms with Gasteiger partial charge >= 0.3 is 0 Å². The fourth-order valence-corrected chi connectivity index (χ4v) is 1.66. The molecule has 0 saturated carbocycles. The molecule has 0 heterocycles. The SMILES string of the molecule is C=Cc1cccc(C(=C)c2ccccc2)c1. The molecule has 0 fully saturated rings. The fraction of sp³-hybridized carbons (Fsp3) is 0. The Bertz CT molecular complexity index is 507. The zero-order chi connectivity index (χ0) is 11.4. The Morgan fingerprint density at radius 3 is 2.25 bits per heavy atom. The lowest BCUT2D eigenvalue weighted by atomic mass is 9.98. The minimum Gasteiger partial charge on any atom is -0.0985 e. The van der Waals surface area contributed by atoms with Crippen LogP contribution < -0.4 is 0 Å². The summed E-state index contributed by atoms with van der Waals surface area (Å²) in [6, 6.07) is 18.4. The first kappa shape index (κ1) is 10.4. The first-order valence-electron chi connectivity index (χ1n) is 5.28. The monoisotopic (exact) mass is 206 g/mol. The summed E-state index contributed by atoms with van der Waals surface area (Å²) >= 11 is 0. The first-order chi connectivity index (χ1) is 7.81. The van der Waals surface area contributed by atoms with Crippen LogP contribution in [0, 0.1) is 0 Å². The van der Waals surface area contributed by atoms with Gasteiger partial charge < -0.3 is 0 Å². The van der Waals surface area contributed by atoms with Crippen LogP contribution in [0.4, 0.5) is 0 Å². The zero-order valence-electron chi connectivity index (χ0n) is 9.19. The normalized spacial score (nSPS) is 9.75. The topological polar surface area (TPSA) is 0 Å². The highest BCUT2D eigenvalue weighted by atomic mass is 14.1. The molecule has 0 aliphatic heterocycles. The molecule has 2 aromatic carbocycles. The van der Waals surface area contributed by atoms with E-state index in [1.165, 1.54) is 0 Å². The molecule has 16 heavy (non-hydrogen) atoms. The van der Waals surface area contributed by atoms with E-state index in [1.54, 1.807) is 0 Å². The summed E-state index contributed by atoms with van der Waals surface area (Å²) in [7, 11) is 0. The van der Waals surface area contributed by atoms with E-state index in [1.807, 2.05) is 36.4 Å². The van der Waals surface area contributed by atoms with Gasteiger partial charge in [-0.3, -0.25) is 0 Å². The minimum atomic E-state index is 1.05.